The Morgan fingerprint density at radius 2 is 1.71 bits per heavy atom. The van der Waals surface area contributed by atoms with E-state index in [2.05, 4.69) is 73.6 Å². The van der Waals surface area contributed by atoms with Crippen LogP contribution in [0.25, 0.3) is 0 Å². The number of aryl methyl sites for hydroxylation is 1. The second-order valence-electron chi connectivity index (χ2n) is 6.12. The normalized spacial score (nSPS) is 20.9. The highest BCUT2D eigenvalue weighted by Crippen LogP contribution is 2.41. The van der Waals surface area contributed by atoms with Crippen molar-refractivity contribution in [3.8, 4) is 5.75 Å². The number of fused-ring (bicyclic) bond motifs is 1. The molecule has 21 heavy (non-hydrogen) atoms. The van der Waals surface area contributed by atoms with Crippen LogP contribution >= 0.6 is 0 Å². The first-order valence-electron chi connectivity index (χ1n) is 7.67. The van der Waals surface area contributed by atoms with E-state index >= 15 is 0 Å². The average molecular weight is 281 g/mol. The van der Waals surface area contributed by atoms with Gasteiger partial charge in [0.1, 0.15) is 11.4 Å². The number of para-hydroxylation sites is 1. The van der Waals surface area contributed by atoms with E-state index in [1.165, 1.54) is 11.1 Å². The Morgan fingerprint density at radius 1 is 1.00 bits per heavy atom. The highest BCUT2D eigenvalue weighted by molar-refractivity contribution is 5.38. The van der Waals surface area contributed by atoms with E-state index in [-0.39, 0.29) is 5.60 Å². The van der Waals surface area contributed by atoms with Crippen LogP contribution in [0.2, 0.25) is 0 Å². The second kappa shape index (κ2) is 5.90. The standard InChI is InChI=1S/C19H23NO/c1-20(2)15-14-19(17-9-4-3-5-10-17)13-12-16-8-6-7-11-18(16)21-19/h3-11H,12-15H2,1-2H3. The van der Waals surface area contributed by atoms with Crippen molar-refractivity contribution in [1.82, 2.24) is 4.90 Å². The van der Waals surface area contributed by atoms with Crippen molar-refractivity contribution in [1.29, 1.82) is 0 Å². The SMILES string of the molecule is CN(C)CCC1(c2ccccc2)CCc2ccccc2O1. The molecular formula is C19H23NO. The summed E-state index contributed by atoms with van der Waals surface area (Å²) in [7, 11) is 4.24. The van der Waals surface area contributed by atoms with Gasteiger partial charge < -0.3 is 9.64 Å². The molecule has 0 saturated carbocycles. The summed E-state index contributed by atoms with van der Waals surface area (Å²) in [4.78, 5) is 2.23. The molecule has 3 rings (SSSR count). The summed E-state index contributed by atoms with van der Waals surface area (Å²) in [5, 5.41) is 0. The molecule has 110 valence electrons. The minimum atomic E-state index is -0.195. The summed E-state index contributed by atoms with van der Waals surface area (Å²) in [5.41, 5.74) is 2.43. The Bertz CT molecular complexity index is 594. The fourth-order valence-corrected chi connectivity index (χ4v) is 3.08. The molecule has 2 heteroatoms. The molecule has 0 bridgehead atoms. The first-order chi connectivity index (χ1) is 10.2. The number of benzene rings is 2. The van der Waals surface area contributed by atoms with E-state index in [1.807, 2.05) is 0 Å². The van der Waals surface area contributed by atoms with Crippen LogP contribution in [0.3, 0.4) is 0 Å². The molecule has 0 aliphatic carbocycles. The van der Waals surface area contributed by atoms with Crippen molar-refractivity contribution in [2.75, 3.05) is 20.6 Å². The van der Waals surface area contributed by atoms with Gasteiger partial charge in [0.05, 0.1) is 0 Å². The third-order valence-electron chi connectivity index (χ3n) is 4.34. The van der Waals surface area contributed by atoms with E-state index < -0.39 is 0 Å². The monoisotopic (exact) mass is 281 g/mol. The molecule has 1 unspecified atom stereocenters. The van der Waals surface area contributed by atoms with Crippen LogP contribution < -0.4 is 4.74 Å². The zero-order chi connectivity index (χ0) is 14.7. The summed E-state index contributed by atoms with van der Waals surface area (Å²) >= 11 is 0. The molecule has 0 saturated heterocycles. The molecule has 1 aliphatic rings. The lowest BCUT2D eigenvalue weighted by Crippen LogP contribution is -2.39. The lowest BCUT2D eigenvalue weighted by atomic mass is 9.82. The number of rotatable bonds is 4. The summed E-state index contributed by atoms with van der Waals surface area (Å²) in [5.74, 6) is 1.05. The zero-order valence-corrected chi connectivity index (χ0v) is 12.9. The summed E-state index contributed by atoms with van der Waals surface area (Å²) in [6.45, 7) is 1.02. The Labute approximate surface area is 127 Å². The van der Waals surface area contributed by atoms with Crippen molar-refractivity contribution in [3.63, 3.8) is 0 Å². The van der Waals surface area contributed by atoms with Gasteiger partial charge in [-0.15, -0.1) is 0 Å². The number of nitrogens with zero attached hydrogens (tertiary/aromatic N) is 1. The largest absolute Gasteiger partial charge is 0.482 e. The fraction of sp³-hybridized carbons (Fsp3) is 0.368. The van der Waals surface area contributed by atoms with Crippen LogP contribution in [-0.4, -0.2) is 25.5 Å². The third kappa shape index (κ3) is 2.96. The van der Waals surface area contributed by atoms with Crippen LogP contribution in [0.1, 0.15) is 24.0 Å². The van der Waals surface area contributed by atoms with Crippen LogP contribution in [0.15, 0.2) is 54.6 Å². The minimum absolute atomic E-state index is 0.195. The summed E-state index contributed by atoms with van der Waals surface area (Å²) in [6.07, 6.45) is 3.14. The zero-order valence-electron chi connectivity index (χ0n) is 12.9. The molecular weight excluding hydrogens is 258 g/mol. The first kappa shape index (κ1) is 14.2. The van der Waals surface area contributed by atoms with Gasteiger partial charge in [-0.3, -0.25) is 0 Å². The highest BCUT2D eigenvalue weighted by atomic mass is 16.5. The molecule has 0 amide bonds. The summed E-state index contributed by atoms with van der Waals surface area (Å²) < 4.78 is 6.53. The molecule has 1 heterocycles. The van der Waals surface area contributed by atoms with Gasteiger partial charge in [-0.25, -0.2) is 0 Å². The van der Waals surface area contributed by atoms with Crippen molar-refractivity contribution < 1.29 is 4.74 Å². The molecule has 1 aliphatic heterocycles. The molecule has 0 N–H and O–H groups in total. The fourth-order valence-electron chi connectivity index (χ4n) is 3.08. The van der Waals surface area contributed by atoms with Gasteiger partial charge in [-0.2, -0.15) is 0 Å². The first-order valence-corrected chi connectivity index (χ1v) is 7.67. The van der Waals surface area contributed by atoms with Crippen LogP contribution in [0.5, 0.6) is 5.75 Å². The van der Waals surface area contributed by atoms with E-state index in [0.29, 0.717) is 0 Å². The van der Waals surface area contributed by atoms with Crippen molar-refractivity contribution in [2.24, 2.45) is 0 Å². The minimum Gasteiger partial charge on any atom is -0.482 e. The van der Waals surface area contributed by atoms with Crippen molar-refractivity contribution in [2.45, 2.75) is 24.9 Å². The van der Waals surface area contributed by atoms with Gasteiger partial charge in [0.2, 0.25) is 0 Å². The molecule has 2 aromatic carbocycles. The highest BCUT2D eigenvalue weighted by Gasteiger charge is 2.37. The quantitative estimate of drug-likeness (QED) is 0.844. The lowest BCUT2D eigenvalue weighted by Gasteiger charge is -2.40. The second-order valence-corrected chi connectivity index (χ2v) is 6.12. The van der Waals surface area contributed by atoms with E-state index in [1.54, 1.807) is 0 Å². The Kier molecular flexibility index (Phi) is 3.98. The van der Waals surface area contributed by atoms with Gasteiger partial charge in [0.15, 0.2) is 0 Å². The van der Waals surface area contributed by atoms with Crippen LogP contribution in [-0.2, 0) is 12.0 Å². The predicted octanol–water partition coefficient (Wildman–Crippen LogP) is 3.86. The topological polar surface area (TPSA) is 12.5 Å². The maximum atomic E-state index is 6.53. The molecule has 1 atom stereocenters. The smallest absolute Gasteiger partial charge is 0.136 e. The Morgan fingerprint density at radius 3 is 2.48 bits per heavy atom. The molecule has 0 fully saturated rings. The van der Waals surface area contributed by atoms with Gasteiger partial charge in [0.25, 0.3) is 0 Å². The number of hydrogen-bond donors (Lipinski definition) is 0. The maximum Gasteiger partial charge on any atom is 0.136 e. The summed E-state index contributed by atoms with van der Waals surface area (Å²) in [6, 6.07) is 19.1. The van der Waals surface area contributed by atoms with Crippen molar-refractivity contribution in [3.05, 3.63) is 65.7 Å². The molecule has 0 radical (unpaired) electrons. The van der Waals surface area contributed by atoms with E-state index in [4.69, 9.17) is 4.74 Å². The average Bonchev–Trinajstić information content (AvgIpc) is 2.53. The number of ether oxygens (including phenoxy) is 1. The Hall–Kier alpha value is -1.80. The molecule has 0 spiro atoms. The maximum absolute atomic E-state index is 6.53. The van der Waals surface area contributed by atoms with Gasteiger partial charge in [-0.05, 0) is 44.1 Å². The number of hydrogen-bond acceptors (Lipinski definition) is 2. The Balaban J connectivity index is 1.95. The molecule has 2 aromatic rings. The predicted molar refractivity (Wildman–Crippen MR) is 86.7 cm³/mol. The van der Waals surface area contributed by atoms with E-state index in [0.717, 1.165) is 31.6 Å². The van der Waals surface area contributed by atoms with Gasteiger partial charge in [0, 0.05) is 13.0 Å². The van der Waals surface area contributed by atoms with Crippen molar-refractivity contribution >= 4 is 0 Å². The lowest BCUT2D eigenvalue weighted by molar-refractivity contribution is 0.0273. The van der Waals surface area contributed by atoms with Crippen LogP contribution in [0, 0.1) is 0 Å². The third-order valence-corrected chi connectivity index (χ3v) is 4.34. The van der Waals surface area contributed by atoms with E-state index in [9.17, 15) is 0 Å². The molecule has 0 aromatic heterocycles. The van der Waals surface area contributed by atoms with Gasteiger partial charge in [-0.1, -0.05) is 48.5 Å². The molecule has 2 nitrogen and oxygen atoms in total. The van der Waals surface area contributed by atoms with Gasteiger partial charge >= 0.3 is 0 Å². The van der Waals surface area contributed by atoms with Crippen LogP contribution in [0.4, 0.5) is 0 Å².